The molecule has 3 rings (SSSR count). The summed E-state index contributed by atoms with van der Waals surface area (Å²) < 4.78 is 54.2. The lowest BCUT2D eigenvalue weighted by Gasteiger charge is -2.24. The van der Waals surface area contributed by atoms with Crippen LogP contribution in [0, 0.1) is 6.92 Å². The topological polar surface area (TPSA) is 189 Å². The molecule has 11 nitrogen and oxygen atoms in total. The first-order valence-corrected chi connectivity index (χ1v) is 12.1. The minimum absolute atomic E-state index is 0.0227. The van der Waals surface area contributed by atoms with Crippen LogP contribution in [0.2, 0.25) is 0 Å². The lowest BCUT2D eigenvalue weighted by Crippen LogP contribution is -2.46. The Hall–Kier alpha value is -2.66. The number of para-hydroxylation sites is 2. The molecule has 0 aliphatic carbocycles. The number of hydrogen-bond donors (Lipinski definition) is 7. The normalized spacial score (nSPS) is 15.8. The van der Waals surface area contributed by atoms with Gasteiger partial charge in [0.1, 0.15) is 30.2 Å². The van der Waals surface area contributed by atoms with E-state index in [-0.39, 0.29) is 11.5 Å². The number of rotatable bonds is 10. The average Bonchev–Trinajstić information content (AvgIpc) is 3.32. The van der Waals surface area contributed by atoms with Crippen LogP contribution >= 0.6 is 0 Å². The number of aromatic amines is 1. The number of nitrogens with one attached hydrogen (secondary N) is 1. The van der Waals surface area contributed by atoms with Crippen LogP contribution < -0.4 is 4.74 Å². The number of fused-ring (bicyclic) bond motifs is 1. The highest BCUT2D eigenvalue weighted by atomic mass is 32.2. The van der Waals surface area contributed by atoms with Crippen molar-refractivity contribution in [3.05, 3.63) is 47.8 Å². The predicted molar refractivity (Wildman–Crippen MR) is 125 cm³/mol. The molecule has 0 spiro atoms. The van der Waals surface area contributed by atoms with Crippen LogP contribution in [-0.4, -0.2) is 100 Å². The Kier molecular flexibility index (Phi) is 11.4. The van der Waals surface area contributed by atoms with E-state index in [9.17, 15) is 17.4 Å². The molecule has 15 heteroatoms. The van der Waals surface area contributed by atoms with Gasteiger partial charge in [0, 0.05) is 11.8 Å². The molecular weight excluding hydrogens is 523 g/mol. The van der Waals surface area contributed by atoms with Gasteiger partial charge in [0.05, 0.1) is 46.5 Å². The van der Waals surface area contributed by atoms with E-state index in [0.717, 1.165) is 5.52 Å². The third-order valence-corrected chi connectivity index (χ3v) is 6.17. The van der Waals surface area contributed by atoms with E-state index in [0.29, 0.717) is 21.9 Å². The number of aliphatic hydroxyl groups is 6. The second-order valence-corrected chi connectivity index (χ2v) is 9.18. The van der Waals surface area contributed by atoms with Gasteiger partial charge in [-0.2, -0.15) is 13.2 Å². The molecule has 7 N–H and O–H groups in total. The minimum atomic E-state index is -4.42. The van der Waals surface area contributed by atoms with Crippen molar-refractivity contribution in [3.8, 4) is 5.75 Å². The summed E-state index contributed by atoms with van der Waals surface area (Å²) in [5, 5.41) is 52.5. The first-order valence-electron chi connectivity index (χ1n) is 10.8. The number of alkyl halides is 3. The number of halogens is 3. The molecular formula is C22H28F3N3O8S. The lowest BCUT2D eigenvalue weighted by molar-refractivity contribution is -0.153. The van der Waals surface area contributed by atoms with Gasteiger partial charge in [-0.05, 0) is 25.1 Å². The summed E-state index contributed by atoms with van der Waals surface area (Å²) in [6.07, 6.45) is -9.48. The number of aliphatic hydroxyl groups excluding tert-OH is 6. The van der Waals surface area contributed by atoms with Crippen LogP contribution in [0.1, 0.15) is 11.3 Å². The zero-order valence-corrected chi connectivity index (χ0v) is 20.4. The molecule has 0 aliphatic heterocycles. The fraction of sp³-hybridized carbons (Fsp3) is 0.455. The largest absolute Gasteiger partial charge is 0.484 e. The number of hydrogen-bond acceptors (Lipinski definition) is 10. The molecule has 2 aromatic heterocycles. The monoisotopic (exact) mass is 551 g/mol. The van der Waals surface area contributed by atoms with Crippen molar-refractivity contribution < 1.29 is 52.8 Å². The van der Waals surface area contributed by atoms with E-state index >= 15 is 0 Å². The van der Waals surface area contributed by atoms with E-state index in [1.165, 1.54) is 12.3 Å². The lowest BCUT2D eigenvalue weighted by atomic mass is 10.0. The van der Waals surface area contributed by atoms with Gasteiger partial charge in [-0.15, -0.1) is 0 Å². The molecule has 0 radical (unpaired) electrons. The average molecular weight is 552 g/mol. The fourth-order valence-electron chi connectivity index (χ4n) is 2.92. The number of ether oxygens (including phenoxy) is 1. The Morgan fingerprint density at radius 2 is 1.62 bits per heavy atom. The van der Waals surface area contributed by atoms with Crippen LogP contribution in [-0.2, 0) is 16.6 Å². The SMILES string of the molecule is Cc1c(OCC(F)(F)F)ccnc1C[S@@](=O)c1nc2ccccc2[nH]1.OC[C@@H](O)[C@@H](O)[C@H](O)[C@@H](O)CO. The van der Waals surface area contributed by atoms with Crippen molar-refractivity contribution >= 4 is 21.8 Å². The van der Waals surface area contributed by atoms with E-state index in [1.807, 2.05) is 18.2 Å². The number of nitrogens with zero attached hydrogens (tertiary/aromatic N) is 2. The molecule has 0 amide bonds. The first-order chi connectivity index (χ1) is 17.4. The highest BCUT2D eigenvalue weighted by molar-refractivity contribution is 7.84. The Balaban J connectivity index is 0.000000341. The quantitative estimate of drug-likeness (QED) is 0.180. The summed E-state index contributed by atoms with van der Waals surface area (Å²) in [4.78, 5) is 11.3. The third-order valence-electron chi connectivity index (χ3n) is 5.01. The van der Waals surface area contributed by atoms with Crippen LogP contribution in [0.4, 0.5) is 13.2 Å². The first kappa shape index (κ1) is 30.6. The van der Waals surface area contributed by atoms with Gasteiger partial charge >= 0.3 is 6.18 Å². The van der Waals surface area contributed by atoms with Gasteiger partial charge in [0.2, 0.25) is 0 Å². The summed E-state index contributed by atoms with van der Waals surface area (Å²) in [5.74, 6) is 0.0958. The molecule has 206 valence electrons. The van der Waals surface area contributed by atoms with Crippen molar-refractivity contribution in [2.45, 2.75) is 48.4 Å². The van der Waals surface area contributed by atoms with Crippen molar-refractivity contribution in [3.63, 3.8) is 0 Å². The van der Waals surface area contributed by atoms with Crippen molar-refractivity contribution in [2.75, 3.05) is 19.8 Å². The van der Waals surface area contributed by atoms with E-state index < -0.39 is 61.2 Å². The Labute approximate surface area is 211 Å². The van der Waals surface area contributed by atoms with Gasteiger partial charge < -0.3 is 40.4 Å². The van der Waals surface area contributed by atoms with E-state index in [4.69, 9.17) is 35.4 Å². The standard InChI is InChI=1S/C16H14F3N3O2S.C6H14O6/c1-10-13(20-7-6-14(10)24-9-16(17,18)19)8-25(23)15-21-11-4-2-3-5-12(11)22-15;7-1-3(9)5(11)6(12)4(10)2-8/h2-7H,8-9H2,1H3,(H,21,22);3-12H,1-2H2/t25-;3-,4+,5-,6-/m11/s1. The van der Waals surface area contributed by atoms with E-state index in [1.54, 1.807) is 13.0 Å². The molecule has 1 aromatic carbocycles. The Morgan fingerprint density at radius 3 is 2.16 bits per heavy atom. The molecule has 0 aliphatic rings. The molecule has 5 atom stereocenters. The summed E-state index contributed by atoms with van der Waals surface area (Å²) in [6, 6.07) is 8.62. The summed E-state index contributed by atoms with van der Waals surface area (Å²) >= 11 is 0. The van der Waals surface area contributed by atoms with Crippen molar-refractivity contribution in [1.82, 2.24) is 15.0 Å². The van der Waals surface area contributed by atoms with Gasteiger partial charge in [-0.3, -0.25) is 9.19 Å². The van der Waals surface area contributed by atoms with E-state index in [2.05, 4.69) is 15.0 Å². The maximum atomic E-state index is 12.5. The zero-order chi connectivity index (χ0) is 27.8. The number of H-pyrrole nitrogens is 1. The fourth-order valence-corrected chi connectivity index (χ4v) is 4.02. The number of aromatic nitrogens is 3. The van der Waals surface area contributed by atoms with Crippen LogP contribution in [0.25, 0.3) is 11.0 Å². The predicted octanol–water partition coefficient (Wildman–Crippen LogP) is -0.0702. The van der Waals surface area contributed by atoms with Crippen LogP contribution in [0.5, 0.6) is 5.75 Å². The second kappa shape index (κ2) is 13.8. The summed E-state index contributed by atoms with van der Waals surface area (Å²) in [5.41, 5.74) is 2.28. The molecule has 0 bridgehead atoms. The molecule has 0 fully saturated rings. The maximum absolute atomic E-state index is 12.5. The van der Waals surface area contributed by atoms with Crippen molar-refractivity contribution in [2.24, 2.45) is 0 Å². The number of benzene rings is 1. The molecule has 2 heterocycles. The number of imidazole rings is 1. The van der Waals surface area contributed by atoms with Gasteiger partial charge in [0.15, 0.2) is 11.8 Å². The third kappa shape index (κ3) is 8.99. The molecule has 37 heavy (non-hydrogen) atoms. The van der Waals surface area contributed by atoms with Crippen LogP contribution in [0.15, 0.2) is 41.7 Å². The highest BCUT2D eigenvalue weighted by Crippen LogP contribution is 2.24. The van der Waals surface area contributed by atoms with Gasteiger partial charge in [-0.25, -0.2) is 4.98 Å². The van der Waals surface area contributed by atoms with Gasteiger partial charge in [0.25, 0.3) is 0 Å². The molecule has 0 unspecified atom stereocenters. The van der Waals surface area contributed by atoms with Crippen molar-refractivity contribution in [1.29, 1.82) is 0 Å². The molecule has 0 saturated heterocycles. The number of pyridine rings is 1. The smallest absolute Gasteiger partial charge is 0.422 e. The Morgan fingerprint density at radius 1 is 1.03 bits per heavy atom. The van der Waals surface area contributed by atoms with Gasteiger partial charge in [-0.1, -0.05) is 12.1 Å². The molecule has 3 aromatic rings. The Bertz CT molecular complexity index is 1120. The highest BCUT2D eigenvalue weighted by Gasteiger charge is 2.30. The minimum Gasteiger partial charge on any atom is -0.484 e. The summed E-state index contributed by atoms with van der Waals surface area (Å²) in [6.45, 7) is -1.25. The maximum Gasteiger partial charge on any atom is 0.422 e. The summed E-state index contributed by atoms with van der Waals surface area (Å²) in [7, 11) is -1.51. The van der Waals surface area contributed by atoms with Crippen LogP contribution in [0.3, 0.4) is 0 Å². The zero-order valence-electron chi connectivity index (χ0n) is 19.5. The molecule has 0 saturated carbocycles. The second-order valence-electron chi connectivity index (χ2n) is 7.81.